The Bertz CT molecular complexity index is 945. The number of benzene rings is 3. The van der Waals surface area contributed by atoms with E-state index in [-0.39, 0.29) is 17.3 Å². The molecule has 0 bridgehead atoms. The van der Waals surface area contributed by atoms with Crippen LogP contribution in [-0.4, -0.2) is 11.9 Å². The minimum absolute atomic E-state index is 0.00666. The molecule has 3 heteroatoms. The third-order valence-corrected chi connectivity index (χ3v) is 4.56. The van der Waals surface area contributed by atoms with E-state index in [1.165, 1.54) is 5.56 Å². The summed E-state index contributed by atoms with van der Waals surface area (Å²) in [4.78, 5) is 12.7. The molecule has 0 aliphatic carbocycles. The van der Waals surface area contributed by atoms with Crippen LogP contribution in [0.2, 0.25) is 0 Å². The normalized spacial score (nSPS) is 11.4. The fourth-order valence-electron chi connectivity index (χ4n) is 2.96. The van der Waals surface area contributed by atoms with E-state index < -0.39 is 0 Å². The van der Waals surface area contributed by atoms with Gasteiger partial charge in [0.25, 0.3) is 0 Å². The highest BCUT2D eigenvalue weighted by Gasteiger charge is 2.15. The molecular weight excluding hydrogens is 360 g/mol. The lowest BCUT2D eigenvalue weighted by molar-refractivity contribution is 0.103. The van der Waals surface area contributed by atoms with Crippen LogP contribution in [0.4, 0.5) is 0 Å². The van der Waals surface area contributed by atoms with Gasteiger partial charge in [0.1, 0.15) is 17.2 Å². The molecule has 0 saturated carbocycles. The van der Waals surface area contributed by atoms with Crippen LogP contribution in [0.5, 0.6) is 17.2 Å². The van der Waals surface area contributed by atoms with E-state index in [1.807, 2.05) is 74.5 Å². The number of carbonyl (C=O) groups is 1. The molecule has 0 heterocycles. The lowest BCUT2D eigenvalue weighted by atomic mass is 9.86. The number of ketones is 1. The molecule has 3 aromatic carbocycles. The third-order valence-electron chi connectivity index (χ3n) is 4.56. The molecule has 0 aliphatic rings. The van der Waals surface area contributed by atoms with Gasteiger partial charge in [-0.05, 0) is 73.4 Å². The third kappa shape index (κ3) is 5.47. The van der Waals surface area contributed by atoms with Gasteiger partial charge >= 0.3 is 0 Å². The molecule has 0 amide bonds. The van der Waals surface area contributed by atoms with Gasteiger partial charge in [0, 0.05) is 11.1 Å². The Labute approximate surface area is 173 Å². The molecule has 0 spiro atoms. The number of rotatable bonds is 6. The SMILES string of the molecule is CC(C)Oc1ccc(Oc2ccc(C(=O)c3ccc(C(C)(C)C)cc3)cc2)cc1. The highest BCUT2D eigenvalue weighted by molar-refractivity contribution is 6.09. The predicted molar refractivity (Wildman–Crippen MR) is 117 cm³/mol. The summed E-state index contributed by atoms with van der Waals surface area (Å²) in [5, 5.41) is 0. The number of ether oxygens (including phenoxy) is 2. The van der Waals surface area contributed by atoms with Gasteiger partial charge in [-0.1, -0.05) is 45.0 Å². The maximum Gasteiger partial charge on any atom is 0.193 e. The minimum atomic E-state index is 0.00666. The second-order valence-corrected chi connectivity index (χ2v) is 8.42. The van der Waals surface area contributed by atoms with Gasteiger partial charge in [0.15, 0.2) is 5.78 Å². The van der Waals surface area contributed by atoms with E-state index in [1.54, 1.807) is 12.1 Å². The lowest BCUT2D eigenvalue weighted by Gasteiger charge is -2.19. The molecule has 0 fully saturated rings. The van der Waals surface area contributed by atoms with Gasteiger partial charge in [-0.15, -0.1) is 0 Å². The Balaban J connectivity index is 1.67. The van der Waals surface area contributed by atoms with Gasteiger partial charge < -0.3 is 9.47 Å². The fourth-order valence-corrected chi connectivity index (χ4v) is 2.96. The molecule has 0 unspecified atom stereocenters. The maximum absolute atomic E-state index is 12.7. The summed E-state index contributed by atoms with van der Waals surface area (Å²) in [6.45, 7) is 10.5. The van der Waals surface area contributed by atoms with Crippen molar-refractivity contribution in [3.05, 3.63) is 89.5 Å². The Morgan fingerprint density at radius 1 is 0.690 bits per heavy atom. The lowest BCUT2D eigenvalue weighted by Crippen LogP contribution is -2.11. The Hall–Kier alpha value is -3.07. The van der Waals surface area contributed by atoms with Crippen molar-refractivity contribution in [2.24, 2.45) is 0 Å². The van der Waals surface area contributed by atoms with E-state index in [2.05, 4.69) is 20.8 Å². The molecule has 0 saturated heterocycles. The van der Waals surface area contributed by atoms with Gasteiger partial charge in [-0.2, -0.15) is 0 Å². The van der Waals surface area contributed by atoms with Crippen LogP contribution in [0.25, 0.3) is 0 Å². The zero-order valence-corrected chi connectivity index (χ0v) is 17.7. The standard InChI is InChI=1S/C26H28O3/c1-18(2)28-22-14-16-24(17-15-22)29-23-12-8-20(9-13-23)25(27)19-6-10-21(11-7-19)26(3,4)5/h6-18H,1-5H3. The molecule has 0 radical (unpaired) electrons. The smallest absolute Gasteiger partial charge is 0.193 e. The monoisotopic (exact) mass is 388 g/mol. The summed E-state index contributed by atoms with van der Waals surface area (Å²) >= 11 is 0. The van der Waals surface area contributed by atoms with E-state index in [0.29, 0.717) is 16.9 Å². The number of carbonyl (C=O) groups excluding carboxylic acids is 1. The van der Waals surface area contributed by atoms with Crippen LogP contribution < -0.4 is 9.47 Å². The molecule has 150 valence electrons. The zero-order chi connectivity index (χ0) is 21.0. The van der Waals surface area contributed by atoms with Gasteiger partial charge in [0.2, 0.25) is 0 Å². The average molecular weight is 389 g/mol. The Kier molecular flexibility index (Phi) is 6.07. The topological polar surface area (TPSA) is 35.5 Å². The average Bonchev–Trinajstić information content (AvgIpc) is 2.69. The van der Waals surface area contributed by atoms with E-state index >= 15 is 0 Å². The second kappa shape index (κ2) is 8.52. The molecule has 0 aliphatic heterocycles. The minimum Gasteiger partial charge on any atom is -0.491 e. The first-order valence-corrected chi connectivity index (χ1v) is 9.92. The highest BCUT2D eigenvalue weighted by atomic mass is 16.5. The summed E-state index contributed by atoms with van der Waals surface area (Å²) in [7, 11) is 0. The summed E-state index contributed by atoms with van der Waals surface area (Å²) in [5.74, 6) is 2.22. The first-order chi connectivity index (χ1) is 13.7. The highest BCUT2D eigenvalue weighted by Crippen LogP contribution is 2.26. The van der Waals surface area contributed by atoms with Crippen molar-refractivity contribution in [3.8, 4) is 17.2 Å². The van der Waals surface area contributed by atoms with Crippen molar-refractivity contribution < 1.29 is 14.3 Å². The maximum atomic E-state index is 12.7. The molecule has 0 aromatic heterocycles. The summed E-state index contributed by atoms with van der Waals surface area (Å²) < 4.78 is 11.5. The van der Waals surface area contributed by atoms with Crippen LogP contribution >= 0.6 is 0 Å². The predicted octanol–water partition coefficient (Wildman–Crippen LogP) is 6.79. The van der Waals surface area contributed by atoms with Crippen LogP contribution in [0.15, 0.2) is 72.8 Å². The van der Waals surface area contributed by atoms with Gasteiger partial charge in [-0.3, -0.25) is 4.79 Å². The van der Waals surface area contributed by atoms with Gasteiger partial charge in [0.05, 0.1) is 6.10 Å². The molecule has 29 heavy (non-hydrogen) atoms. The van der Waals surface area contributed by atoms with Crippen molar-refractivity contribution in [1.29, 1.82) is 0 Å². The Morgan fingerprint density at radius 2 is 1.10 bits per heavy atom. The van der Waals surface area contributed by atoms with Crippen molar-refractivity contribution in [2.75, 3.05) is 0 Å². The molecule has 3 rings (SSSR count). The van der Waals surface area contributed by atoms with E-state index in [0.717, 1.165) is 11.5 Å². The quantitative estimate of drug-likeness (QED) is 0.436. The first-order valence-electron chi connectivity index (χ1n) is 9.92. The van der Waals surface area contributed by atoms with Gasteiger partial charge in [-0.25, -0.2) is 0 Å². The first kappa shape index (κ1) is 20.7. The van der Waals surface area contributed by atoms with Crippen LogP contribution in [0.3, 0.4) is 0 Å². The van der Waals surface area contributed by atoms with E-state index in [4.69, 9.17) is 9.47 Å². The fraction of sp³-hybridized carbons (Fsp3) is 0.269. The molecule has 3 aromatic rings. The zero-order valence-electron chi connectivity index (χ0n) is 17.7. The summed E-state index contributed by atoms with van der Waals surface area (Å²) in [6, 6.07) is 22.6. The number of hydrogen-bond donors (Lipinski definition) is 0. The van der Waals surface area contributed by atoms with E-state index in [9.17, 15) is 4.79 Å². The Morgan fingerprint density at radius 3 is 1.55 bits per heavy atom. The van der Waals surface area contributed by atoms with Crippen molar-refractivity contribution in [3.63, 3.8) is 0 Å². The van der Waals surface area contributed by atoms with Crippen molar-refractivity contribution in [2.45, 2.75) is 46.1 Å². The molecule has 3 nitrogen and oxygen atoms in total. The van der Waals surface area contributed by atoms with Crippen LogP contribution in [0, 0.1) is 0 Å². The van der Waals surface area contributed by atoms with Crippen molar-refractivity contribution in [1.82, 2.24) is 0 Å². The summed E-state index contributed by atoms with van der Waals surface area (Å²) in [5.41, 5.74) is 2.61. The number of hydrogen-bond acceptors (Lipinski definition) is 3. The largest absolute Gasteiger partial charge is 0.491 e. The molecular formula is C26H28O3. The van der Waals surface area contributed by atoms with Crippen molar-refractivity contribution >= 4 is 5.78 Å². The molecule has 0 atom stereocenters. The summed E-state index contributed by atoms with van der Waals surface area (Å²) in [6.07, 6.45) is 0.136. The van der Waals surface area contributed by atoms with Crippen LogP contribution in [0.1, 0.15) is 56.1 Å². The van der Waals surface area contributed by atoms with Crippen LogP contribution in [-0.2, 0) is 5.41 Å². The second-order valence-electron chi connectivity index (χ2n) is 8.42. The molecule has 0 N–H and O–H groups in total.